The number of nitrogens with one attached hydrogen (secondary N) is 1. The summed E-state index contributed by atoms with van der Waals surface area (Å²) in [4.78, 5) is 27.7. The third-order valence-corrected chi connectivity index (χ3v) is 5.50. The average Bonchev–Trinajstić information content (AvgIpc) is 2.80. The summed E-state index contributed by atoms with van der Waals surface area (Å²) >= 11 is 0. The smallest absolute Gasteiger partial charge is 0.406 e. The van der Waals surface area contributed by atoms with Crippen molar-refractivity contribution in [3.8, 4) is 5.75 Å². The zero-order chi connectivity index (χ0) is 22.6. The fraction of sp³-hybridized carbons (Fsp3) is 0.476. The zero-order valence-corrected chi connectivity index (χ0v) is 17.5. The Bertz CT molecular complexity index is 910. The van der Waals surface area contributed by atoms with Crippen LogP contribution in [-0.4, -0.2) is 66.5 Å². The number of ether oxygens (including phenoxy) is 1. The summed E-state index contributed by atoms with van der Waals surface area (Å²) in [5.41, 5.74) is 0.397. The molecule has 2 fully saturated rings. The van der Waals surface area contributed by atoms with Crippen LogP contribution in [0.1, 0.15) is 19.3 Å². The van der Waals surface area contributed by atoms with E-state index in [-0.39, 0.29) is 11.8 Å². The second kappa shape index (κ2) is 9.49. The minimum absolute atomic E-state index is 0.300. The number of hydrogen-bond donors (Lipinski definition) is 1. The van der Waals surface area contributed by atoms with Gasteiger partial charge in [-0.1, -0.05) is 0 Å². The Kier molecular flexibility index (Phi) is 6.52. The fourth-order valence-corrected chi connectivity index (χ4v) is 3.84. The van der Waals surface area contributed by atoms with Crippen molar-refractivity contribution < 1.29 is 22.7 Å². The van der Waals surface area contributed by atoms with Gasteiger partial charge >= 0.3 is 12.4 Å². The van der Waals surface area contributed by atoms with E-state index in [2.05, 4.69) is 24.8 Å². The Morgan fingerprint density at radius 1 is 0.906 bits per heavy atom. The van der Waals surface area contributed by atoms with Gasteiger partial charge in [0.05, 0.1) is 0 Å². The first-order valence-corrected chi connectivity index (χ1v) is 10.6. The molecule has 172 valence electrons. The molecular weight excluding hydrogens is 425 g/mol. The Morgan fingerprint density at radius 3 is 2.25 bits per heavy atom. The predicted molar refractivity (Wildman–Crippen MR) is 114 cm³/mol. The highest BCUT2D eigenvalue weighted by molar-refractivity contribution is 5.89. The molecule has 3 heterocycles. The number of piperazine rings is 1. The number of aromatic nitrogens is 2. The number of rotatable bonds is 4. The number of halogens is 3. The van der Waals surface area contributed by atoms with E-state index >= 15 is 0 Å². The molecular formula is C21H25F3N6O2. The summed E-state index contributed by atoms with van der Waals surface area (Å²) in [5, 5.41) is 2.71. The maximum atomic E-state index is 12.5. The minimum atomic E-state index is -4.75. The summed E-state index contributed by atoms with van der Waals surface area (Å²) in [6.45, 7) is 4.21. The Hall–Kier alpha value is -3.24. The molecule has 2 amide bonds. The number of carbonyl (C=O) groups excluding carboxylic acids is 1. The van der Waals surface area contributed by atoms with Crippen molar-refractivity contribution in [3.05, 3.63) is 36.5 Å². The molecule has 1 aromatic carbocycles. The van der Waals surface area contributed by atoms with Crippen LogP contribution in [0.5, 0.6) is 5.75 Å². The standard InChI is InChI=1S/C21H25F3N6O2/c22-21(23,24)32-17-6-4-16(5-7-17)26-20(31)30-14-12-28(13-15-30)18-8-9-25-19(27-18)29-10-2-1-3-11-29/h4-9H,1-3,10-15H2,(H,26,31). The van der Waals surface area contributed by atoms with Crippen LogP contribution in [0, 0.1) is 0 Å². The molecule has 0 spiro atoms. The van der Waals surface area contributed by atoms with E-state index in [0.717, 1.165) is 49.8 Å². The van der Waals surface area contributed by atoms with Crippen LogP contribution in [0.15, 0.2) is 36.5 Å². The monoisotopic (exact) mass is 450 g/mol. The molecule has 0 unspecified atom stereocenters. The van der Waals surface area contributed by atoms with E-state index in [0.29, 0.717) is 31.9 Å². The molecule has 32 heavy (non-hydrogen) atoms. The van der Waals surface area contributed by atoms with Gasteiger partial charge in [-0.2, -0.15) is 4.98 Å². The van der Waals surface area contributed by atoms with Gasteiger partial charge in [-0.05, 0) is 49.6 Å². The molecule has 2 saturated heterocycles. The fourth-order valence-electron chi connectivity index (χ4n) is 3.84. The SMILES string of the molecule is O=C(Nc1ccc(OC(F)(F)F)cc1)N1CCN(c2ccnc(N3CCCCC3)n2)CC1. The summed E-state index contributed by atoms with van der Waals surface area (Å²) in [5.74, 6) is 1.26. The van der Waals surface area contributed by atoms with Gasteiger partial charge < -0.3 is 24.8 Å². The van der Waals surface area contributed by atoms with Gasteiger partial charge in [0.25, 0.3) is 0 Å². The van der Waals surface area contributed by atoms with E-state index in [1.807, 2.05) is 6.07 Å². The van der Waals surface area contributed by atoms with Crippen LogP contribution >= 0.6 is 0 Å². The predicted octanol–water partition coefficient (Wildman–Crippen LogP) is 3.72. The maximum absolute atomic E-state index is 12.5. The second-order valence-corrected chi connectivity index (χ2v) is 7.74. The second-order valence-electron chi connectivity index (χ2n) is 7.74. The molecule has 2 aliphatic rings. The highest BCUT2D eigenvalue weighted by Crippen LogP contribution is 2.24. The molecule has 1 aromatic heterocycles. The first-order valence-electron chi connectivity index (χ1n) is 10.6. The van der Waals surface area contributed by atoms with Gasteiger partial charge in [-0.3, -0.25) is 0 Å². The highest BCUT2D eigenvalue weighted by atomic mass is 19.4. The first-order chi connectivity index (χ1) is 15.4. The molecule has 1 N–H and O–H groups in total. The minimum Gasteiger partial charge on any atom is -0.406 e. The molecule has 8 nitrogen and oxygen atoms in total. The summed E-state index contributed by atoms with van der Waals surface area (Å²) in [6, 6.07) is 6.65. The van der Waals surface area contributed by atoms with Crippen molar-refractivity contribution in [1.82, 2.24) is 14.9 Å². The topological polar surface area (TPSA) is 73.8 Å². The van der Waals surface area contributed by atoms with Crippen LogP contribution in [0.3, 0.4) is 0 Å². The lowest BCUT2D eigenvalue weighted by atomic mass is 10.1. The zero-order valence-electron chi connectivity index (χ0n) is 17.5. The number of anilines is 3. The van der Waals surface area contributed by atoms with Gasteiger partial charge in [0, 0.05) is 51.2 Å². The van der Waals surface area contributed by atoms with Crippen LogP contribution in [-0.2, 0) is 0 Å². The van der Waals surface area contributed by atoms with Crippen molar-refractivity contribution in [1.29, 1.82) is 0 Å². The average molecular weight is 450 g/mol. The number of benzene rings is 1. The van der Waals surface area contributed by atoms with Crippen LogP contribution in [0.25, 0.3) is 0 Å². The summed E-state index contributed by atoms with van der Waals surface area (Å²) in [6.07, 6.45) is 0.574. The number of hydrogen-bond acceptors (Lipinski definition) is 6. The van der Waals surface area contributed by atoms with Crippen molar-refractivity contribution in [2.24, 2.45) is 0 Å². The molecule has 2 aliphatic heterocycles. The molecule has 0 atom stereocenters. The first kappa shape index (κ1) is 22.0. The van der Waals surface area contributed by atoms with Crippen molar-refractivity contribution in [3.63, 3.8) is 0 Å². The molecule has 0 saturated carbocycles. The van der Waals surface area contributed by atoms with E-state index in [4.69, 9.17) is 4.98 Å². The van der Waals surface area contributed by atoms with Crippen molar-refractivity contribution in [2.45, 2.75) is 25.6 Å². The van der Waals surface area contributed by atoms with Gasteiger partial charge in [0.1, 0.15) is 11.6 Å². The number of carbonyl (C=O) groups is 1. The van der Waals surface area contributed by atoms with Gasteiger partial charge in [0.2, 0.25) is 5.95 Å². The summed E-state index contributed by atoms with van der Waals surface area (Å²) in [7, 11) is 0. The molecule has 0 bridgehead atoms. The Labute approximate surface area is 184 Å². The maximum Gasteiger partial charge on any atom is 0.573 e. The van der Waals surface area contributed by atoms with Crippen LogP contribution in [0.4, 0.5) is 35.4 Å². The van der Waals surface area contributed by atoms with Gasteiger partial charge in [-0.25, -0.2) is 9.78 Å². The number of alkyl halides is 3. The Morgan fingerprint density at radius 2 is 1.59 bits per heavy atom. The molecule has 11 heteroatoms. The lowest BCUT2D eigenvalue weighted by Gasteiger charge is -2.35. The molecule has 4 rings (SSSR count). The van der Waals surface area contributed by atoms with Gasteiger partial charge in [-0.15, -0.1) is 13.2 Å². The van der Waals surface area contributed by atoms with E-state index in [1.54, 1.807) is 11.1 Å². The van der Waals surface area contributed by atoms with Gasteiger partial charge in [0.15, 0.2) is 0 Å². The number of piperidine rings is 1. The van der Waals surface area contributed by atoms with Crippen LogP contribution in [0.2, 0.25) is 0 Å². The highest BCUT2D eigenvalue weighted by Gasteiger charge is 2.31. The van der Waals surface area contributed by atoms with Crippen molar-refractivity contribution >= 4 is 23.5 Å². The lowest BCUT2D eigenvalue weighted by molar-refractivity contribution is -0.274. The number of urea groups is 1. The summed E-state index contributed by atoms with van der Waals surface area (Å²) < 4.78 is 40.6. The lowest BCUT2D eigenvalue weighted by Crippen LogP contribution is -2.50. The number of amides is 2. The van der Waals surface area contributed by atoms with E-state index < -0.39 is 6.36 Å². The molecule has 2 aromatic rings. The molecule has 0 radical (unpaired) electrons. The normalized spacial score (nSPS) is 17.3. The van der Waals surface area contributed by atoms with Crippen molar-refractivity contribution in [2.75, 3.05) is 54.4 Å². The Balaban J connectivity index is 1.29. The quantitative estimate of drug-likeness (QED) is 0.766. The van der Waals surface area contributed by atoms with E-state index in [1.165, 1.54) is 18.6 Å². The molecule has 0 aliphatic carbocycles. The number of nitrogens with zero attached hydrogens (tertiary/aromatic N) is 5. The largest absolute Gasteiger partial charge is 0.573 e. The third kappa shape index (κ3) is 5.71. The van der Waals surface area contributed by atoms with Crippen LogP contribution < -0.4 is 19.9 Å². The van der Waals surface area contributed by atoms with E-state index in [9.17, 15) is 18.0 Å². The third-order valence-electron chi connectivity index (χ3n) is 5.50.